The molecule has 0 saturated carbocycles. The zero-order valence-electron chi connectivity index (χ0n) is 10.4. The third-order valence-corrected chi connectivity index (χ3v) is 4.63. The fraction of sp³-hybridized carbons (Fsp3) is 0.615. The molecule has 1 aromatic heterocycles. The van der Waals surface area contributed by atoms with Crippen LogP contribution in [0.1, 0.15) is 10.4 Å². The van der Waals surface area contributed by atoms with Gasteiger partial charge in [0.05, 0.1) is 19.8 Å². The molecule has 2 aliphatic rings. The lowest BCUT2D eigenvalue weighted by atomic mass is 10.1. The normalized spacial score (nSPS) is 20.8. The smallest absolute Gasteiger partial charge is 0.236 e. The van der Waals surface area contributed by atoms with E-state index in [-0.39, 0.29) is 5.91 Å². The summed E-state index contributed by atoms with van der Waals surface area (Å²) in [5.41, 5.74) is 1.40. The SMILES string of the molecule is O=C(CN1CCc2sccc2C1)N1CCOCC1. The number of rotatable bonds is 2. The number of carbonyl (C=O) groups excluding carboxylic acids is 1. The first-order valence-corrected chi connectivity index (χ1v) is 7.34. The third kappa shape index (κ3) is 2.58. The average Bonchev–Trinajstić information content (AvgIpc) is 2.87. The first-order chi connectivity index (χ1) is 8.83. The van der Waals surface area contributed by atoms with Gasteiger partial charge in [-0.2, -0.15) is 0 Å². The van der Waals surface area contributed by atoms with Crippen LogP contribution in [-0.2, 0) is 22.5 Å². The van der Waals surface area contributed by atoms with Gasteiger partial charge in [-0.25, -0.2) is 0 Å². The standard InChI is InChI=1S/C13H18N2O2S/c16-13(15-4-6-17-7-5-15)10-14-3-1-12-11(9-14)2-8-18-12/h2,8H,1,3-7,9-10H2. The molecule has 2 aliphatic heterocycles. The van der Waals surface area contributed by atoms with Crippen molar-refractivity contribution in [3.05, 3.63) is 21.9 Å². The summed E-state index contributed by atoms with van der Waals surface area (Å²) in [5, 5.41) is 2.15. The Kier molecular flexibility index (Phi) is 3.63. The van der Waals surface area contributed by atoms with Gasteiger partial charge in [0.2, 0.25) is 5.91 Å². The van der Waals surface area contributed by atoms with E-state index < -0.39 is 0 Å². The molecule has 1 fully saturated rings. The molecule has 3 rings (SSSR count). The van der Waals surface area contributed by atoms with Crippen molar-refractivity contribution in [2.24, 2.45) is 0 Å². The van der Waals surface area contributed by atoms with Crippen molar-refractivity contribution >= 4 is 17.2 Å². The summed E-state index contributed by atoms with van der Waals surface area (Å²) in [4.78, 5) is 17.8. The van der Waals surface area contributed by atoms with Crippen LogP contribution >= 0.6 is 11.3 Å². The van der Waals surface area contributed by atoms with Gasteiger partial charge < -0.3 is 9.64 Å². The van der Waals surface area contributed by atoms with E-state index >= 15 is 0 Å². The highest BCUT2D eigenvalue weighted by molar-refractivity contribution is 7.10. The summed E-state index contributed by atoms with van der Waals surface area (Å²) in [7, 11) is 0. The maximum absolute atomic E-state index is 12.1. The molecule has 3 heterocycles. The maximum Gasteiger partial charge on any atom is 0.236 e. The van der Waals surface area contributed by atoms with Crippen LogP contribution < -0.4 is 0 Å². The number of hydrogen-bond acceptors (Lipinski definition) is 4. The van der Waals surface area contributed by atoms with Gasteiger partial charge in [0, 0.05) is 31.1 Å². The summed E-state index contributed by atoms with van der Waals surface area (Å²) < 4.78 is 5.27. The number of fused-ring (bicyclic) bond motifs is 1. The van der Waals surface area contributed by atoms with Crippen LogP contribution in [-0.4, -0.2) is 55.1 Å². The van der Waals surface area contributed by atoms with E-state index in [2.05, 4.69) is 16.3 Å². The van der Waals surface area contributed by atoms with Crippen molar-refractivity contribution in [1.29, 1.82) is 0 Å². The molecule has 5 heteroatoms. The van der Waals surface area contributed by atoms with E-state index in [0.29, 0.717) is 19.8 Å². The topological polar surface area (TPSA) is 32.8 Å². The summed E-state index contributed by atoms with van der Waals surface area (Å²) >= 11 is 1.84. The van der Waals surface area contributed by atoms with E-state index in [0.717, 1.165) is 32.6 Å². The minimum atomic E-state index is 0.247. The molecule has 18 heavy (non-hydrogen) atoms. The number of carbonyl (C=O) groups is 1. The molecule has 0 atom stereocenters. The summed E-state index contributed by atoms with van der Waals surface area (Å²) in [6.45, 7) is 5.33. The Morgan fingerprint density at radius 2 is 2.17 bits per heavy atom. The number of thiophene rings is 1. The Labute approximate surface area is 111 Å². The van der Waals surface area contributed by atoms with Crippen molar-refractivity contribution in [1.82, 2.24) is 9.80 Å². The van der Waals surface area contributed by atoms with Gasteiger partial charge in [-0.15, -0.1) is 11.3 Å². The Morgan fingerprint density at radius 3 is 3.00 bits per heavy atom. The number of morpholine rings is 1. The van der Waals surface area contributed by atoms with Gasteiger partial charge in [-0.1, -0.05) is 0 Å². The van der Waals surface area contributed by atoms with Gasteiger partial charge in [-0.05, 0) is 23.4 Å². The minimum Gasteiger partial charge on any atom is -0.378 e. The predicted octanol–water partition coefficient (Wildman–Crippen LogP) is 0.965. The molecule has 0 radical (unpaired) electrons. The van der Waals surface area contributed by atoms with Crippen molar-refractivity contribution in [3.8, 4) is 0 Å². The summed E-state index contributed by atoms with van der Waals surface area (Å²) in [5.74, 6) is 0.247. The van der Waals surface area contributed by atoms with E-state index in [1.54, 1.807) is 0 Å². The highest BCUT2D eigenvalue weighted by Gasteiger charge is 2.22. The number of ether oxygens (including phenoxy) is 1. The summed E-state index contributed by atoms with van der Waals surface area (Å²) in [6, 6.07) is 2.19. The van der Waals surface area contributed by atoms with Crippen LogP contribution in [0.25, 0.3) is 0 Å². The van der Waals surface area contributed by atoms with E-state index in [1.165, 1.54) is 10.4 Å². The van der Waals surface area contributed by atoms with E-state index in [4.69, 9.17) is 4.74 Å². The molecule has 1 aromatic rings. The molecule has 0 bridgehead atoms. The van der Waals surface area contributed by atoms with E-state index in [1.807, 2.05) is 16.2 Å². The molecule has 1 saturated heterocycles. The molecular formula is C13H18N2O2S. The van der Waals surface area contributed by atoms with Crippen molar-refractivity contribution < 1.29 is 9.53 Å². The van der Waals surface area contributed by atoms with Gasteiger partial charge in [0.25, 0.3) is 0 Å². The Morgan fingerprint density at radius 1 is 1.33 bits per heavy atom. The molecule has 4 nitrogen and oxygen atoms in total. The molecule has 0 N–H and O–H groups in total. The first-order valence-electron chi connectivity index (χ1n) is 6.46. The van der Waals surface area contributed by atoms with Crippen LogP contribution in [0.4, 0.5) is 0 Å². The number of amides is 1. The monoisotopic (exact) mass is 266 g/mol. The Bertz CT molecular complexity index is 426. The first kappa shape index (κ1) is 12.1. The third-order valence-electron chi connectivity index (χ3n) is 3.61. The van der Waals surface area contributed by atoms with Crippen LogP contribution in [0.2, 0.25) is 0 Å². The summed E-state index contributed by atoms with van der Waals surface area (Å²) in [6.07, 6.45) is 1.09. The van der Waals surface area contributed by atoms with Gasteiger partial charge in [0.15, 0.2) is 0 Å². The second-order valence-corrected chi connectivity index (χ2v) is 5.82. The van der Waals surface area contributed by atoms with Crippen LogP contribution in [0.15, 0.2) is 11.4 Å². The van der Waals surface area contributed by atoms with Crippen LogP contribution in [0.5, 0.6) is 0 Å². The highest BCUT2D eigenvalue weighted by atomic mass is 32.1. The lowest BCUT2D eigenvalue weighted by Crippen LogP contribution is -2.46. The van der Waals surface area contributed by atoms with Gasteiger partial charge in [-0.3, -0.25) is 9.69 Å². The van der Waals surface area contributed by atoms with Crippen LogP contribution in [0, 0.1) is 0 Å². The second-order valence-electron chi connectivity index (χ2n) is 4.82. The zero-order chi connectivity index (χ0) is 12.4. The van der Waals surface area contributed by atoms with Crippen molar-refractivity contribution in [2.45, 2.75) is 13.0 Å². The van der Waals surface area contributed by atoms with Gasteiger partial charge in [0.1, 0.15) is 0 Å². The Balaban J connectivity index is 1.56. The average molecular weight is 266 g/mol. The molecule has 0 spiro atoms. The molecular weight excluding hydrogens is 248 g/mol. The quantitative estimate of drug-likeness (QED) is 0.799. The lowest BCUT2D eigenvalue weighted by molar-refractivity contribution is -0.136. The van der Waals surface area contributed by atoms with Crippen LogP contribution in [0.3, 0.4) is 0 Å². The molecule has 0 aromatic carbocycles. The lowest BCUT2D eigenvalue weighted by Gasteiger charge is -2.31. The minimum absolute atomic E-state index is 0.247. The predicted molar refractivity (Wildman–Crippen MR) is 70.7 cm³/mol. The fourth-order valence-corrected chi connectivity index (χ4v) is 3.44. The van der Waals surface area contributed by atoms with Gasteiger partial charge >= 0.3 is 0 Å². The fourth-order valence-electron chi connectivity index (χ4n) is 2.55. The second kappa shape index (κ2) is 5.38. The number of nitrogens with zero attached hydrogens (tertiary/aromatic N) is 2. The molecule has 1 amide bonds. The highest BCUT2D eigenvalue weighted by Crippen LogP contribution is 2.23. The van der Waals surface area contributed by atoms with Crippen molar-refractivity contribution in [3.63, 3.8) is 0 Å². The molecule has 98 valence electrons. The largest absolute Gasteiger partial charge is 0.378 e. The zero-order valence-corrected chi connectivity index (χ0v) is 11.2. The van der Waals surface area contributed by atoms with Crippen molar-refractivity contribution in [2.75, 3.05) is 39.4 Å². The number of hydrogen-bond donors (Lipinski definition) is 0. The maximum atomic E-state index is 12.1. The molecule has 0 unspecified atom stereocenters. The molecule has 0 aliphatic carbocycles. The van der Waals surface area contributed by atoms with E-state index in [9.17, 15) is 4.79 Å². The Hall–Kier alpha value is -0.910.